The SMILES string of the molecule is Cc1nn(C)c(NC(CN(C)C)C(C)C)c1C#N. The van der Waals surface area contributed by atoms with E-state index in [1.165, 1.54) is 0 Å². The van der Waals surface area contributed by atoms with Crippen LogP contribution in [0.5, 0.6) is 0 Å². The minimum absolute atomic E-state index is 0.293. The Balaban J connectivity index is 2.97. The van der Waals surface area contributed by atoms with E-state index in [1.807, 2.05) is 14.0 Å². The zero-order chi connectivity index (χ0) is 13.9. The summed E-state index contributed by atoms with van der Waals surface area (Å²) in [5.74, 6) is 1.30. The molecule has 0 bridgehead atoms. The molecule has 1 rings (SSSR count). The molecule has 18 heavy (non-hydrogen) atoms. The van der Waals surface area contributed by atoms with Crippen LogP contribution in [0.1, 0.15) is 25.1 Å². The van der Waals surface area contributed by atoms with Crippen molar-refractivity contribution >= 4 is 5.82 Å². The van der Waals surface area contributed by atoms with Gasteiger partial charge in [-0.05, 0) is 26.9 Å². The normalized spacial score (nSPS) is 12.8. The summed E-state index contributed by atoms with van der Waals surface area (Å²) >= 11 is 0. The number of aryl methyl sites for hydroxylation is 2. The van der Waals surface area contributed by atoms with Gasteiger partial charge in [-0.1, -0.05) is 13.8 Å². The lowest BCUT2D eigenvalue weighted by Crippen LogP contribution is -2.37. The van der Waals surface area contributed by atoms with Crippen molar-refractivity contribution in [2.24, 2.45) is 13.0 Å². The lowest BCUT2D eigenvalue weighted by Gasteiger charge is -2.26. The number of nitrogens with one attached hydrogen (secondary N) is 1. The van der Waals surface area contributed by atoms with Crippen molar-refractivity contribution in [3.05, 3.63) is 11.3 Å². The fraction of sp³-hybridized carbons (Fsp3) is 0.692. The number of nitriles is 1. The van der Waals surface area contributed by atoms with Gasteiger partial charge in [0.05, 0.1) is 5.69 Å². The number of likely N-dealkylation sites (N-methyl/N-ethyl adjacent to an activating group) is 1. The summed E-state index contributed by atoms with van der Waals surface area (Å²) in [5.41, 5.74) is 1.41. The van der Waals surface area contributed by atoms with Gasteiger partial charge in [0.25, 0.3) is 0 Å². The maximum absolute atomic E-state index is 9.19. The van der Waals surface area contributed by atoms with Gasteiger partial charge >= 0.3 is 0 Å². The second kappa shape index (κ2) is 5.87. The monoisotopic (exact) mass is 249 g/mol. The van der Waals surface area contributed by atoms with Crippen LogP contribution >= 0.6 is 0 Å². The molecule has 0 amide bonds. The molecule has 100 valence electrons. The second-order valence-corrected chi connectivity index (χ2v) is 5.30. The maximum atomic E-state index is 9.19. The molecule has 1 N–H and O–H groups in total. The van der Waals surface area contributed by atoms with Gasteiger partial charge in [0, 0.05) is 19.6 Å². The maximum Gasteiger partial charge on any atom is 0.142 e. The molecule has 5 nitrogen and oxygen atoms in total. The van der Waals surface area contributed by atoms with Crippen molar-refractivity contribution in [3.8, 4) is 6.07 Å². The van der Waals surface area contributed by atoms with E-state index >= 15 is 0 Å². The first-order chi connectivity index (χ1) is 8.36. The molecule has 0 aliphatic rings. The van der Waals surface area contributed by atoms with E-state index in [4.69, 9.17) is 0 Å². The third kappa shape index (κ3) is 3.23. The number of aromatic nitrogens is 2. The highest BCUT2D eigenvalue weighted by atomic mass is 15.3. The fourth-order valence-corrected chi connectivity index (χ4v) is 1.95. The largest absolute Gasteiger partial charge is 0.365 e. The fourth-order valence-electron chi connectivity index (χ4n) is 1.95. The Hall–Kier alpha value is -1.54. The zero-order valence-electron chi connectivity index (χ0n) is 12.2. The Labute approximate surface area is 109 Å². The van der Waals surface area contributed by atoms with Gasteiger partial charge in [-0.25, -0.2) is 0 Å². The molecule has 0 spiro atoms. The summed E-state index contributed by atoms with van der Waals surface area (Å²) in [6.45, 7) is 7.14. The van der Waals surface area contributed by atoms with E-state index in [2.05, 4.69) is 49.3 Å². The van der Waals surface area contributed by atoms with E-state index in [-0.39, 0.29) is 0 Å². The molecule has 1 atom stereocenters. The number of hydrogen-bond acceptors (Lipinski definition) is 4. The van der Waals surface area contributed by atoms with Crippen LogP contribution in [-0.4, -0.2) is 41.4 Å². The molecular formula is C13H23N5. The molecule has 1 aromatic heterocycles. The van der Waals surface area contributed by atoms with E-state index in [0.717, 1.165) is 18.1 Å². The summed E-state index contributed by atoms with van der Waals surface area (Å²) in [6, 6.07) is 2.52. The Morgan fingerprint density at radius 1 is 1.44 bits per heavy atom. The Kier molecular flexibility index (Phi) is 4.74. The Bertz CT molecular complexity index is 439. The van der Waals surface area contributed by atoms with Crippen molar-refractivity contribution in [2.75, 3.05) is 26.0 Å². The van der Waals surface area contributed by atoms with Crippen LogP contribution in [0.25, 0.3) is 0 Å². The van der Waals surface area contributed by atoms with Crippen molar-refractivity contribution in [1.82, 2.24) is 14.7 Å². The minimum Gasteiger partial charge on any atom is -0.365 e. The van der Waals surface area contributed by atoms with Crippen LogP contribution < -0.4 is 5.32 Å². The van der Waals surface area contributed by atoms with E-state index in [1.54, 1.807) is 4.68 Å². The number of hydrogen-bond donors (Lipinski definition) is 1. The van der Waals surface area contributed by atoms with Gasteiger partial charge in [-0.3, -0.25) is 4.68 Å². The van der Waals surface area contributed by atoms with E-state index in [0.29, 0.717) is 17.5 Å². The van der Waals surface area contributed by atoms with Gasteiger partial charge in [0.1, 0.15) is 17.5 Å². The third-order valence-corrected chi connectivity index (χ3v) is 3.02. The van der Waals surface area contributed by atoms with Crippen LogP contribution in [0.3, 0.4) is 0 Å². The van der Waals surface area contributed by atoms with Gasteiger partial charge in [-0.2, -0.15) is 10.4 Å². The summed E-state index contributed by atoms with van der Waals surface area (Å²) in [7, 11) is 5.97. The number of rotatable bonds is 5. The molecule has 0 aromatic carbocycles. The Morgan fingerprint density at radius 3 is 2.50 bits per heavy atom. The molecule has 1 aromatic rings. The first-order valence-electron chi connectivity index (χ1n) is 6.21. The predicted molar refractivity (Wildman–Crippen MR) is 73.5 cm³/mol. The molecular weight excluding hydrogens is 226 g/mol. The molecule has 0 fully saturated rings. The first kappa shape index (κ1) is 14.5. The minimum atomic E-state index is 0.293. The molecule has 1 heterocycles. The second-order valence-electron chi connectivity index (χ2n) is 5.30. The van der Waals surface area contributed by atoms with Crippen LogP contribution in [-0.2, 0) is 7.05 Å². The topological polar surface area (TPSA) is 56.9 Å². The van der Waals surface area contributed by atoms with Crippen LogP contribution in [0.15, 0.2) is 0 Å². The summed E-state index contributed by atoms with van der Waals surface area (Å²) in [4.78, 5) is 2.15. The highest BCUT2D eigenvalue weighted by Gasteiger charge is 2.19. The van der Waals surface area contributed by atoms with E-state index < -0.39 is 0 Å². The number of anilines is 1. The average molecular weight is 249 g/mol. The van der Waals surface area contributed by atoms with Crippen LogP contribution in [0.4, 0.5) is 5.82 Å². The van der Waals surface area contributed by atoms with Gasteiger partial charge < -0.3 is 10.2 Å². The zero-order valence-corrected chi connectivity index (χ0v) is 12.2. The predicted octanol–water partition coefficient (Wildman–Crippen LogP) is 1.60. The lowest BCUT2D eigenvalue weighted by molar-refractivity contribution is 0.343. The Morgan fingerprint density at radius 2 is 2.06 bits per heavy atom. The molecule has 0 radical (unpaired) electrons. The quantitative estimate of drug-likeness (QED) is 0.861. The summed E-state index contributed by atoms with van der Waals surface area (Å²) in [5, 5.41) is 16.9. The smallest absolute Gasteiger partial charge is 0.142 e. The standard InChI is InChI=1S/C13H23N5/c1-9(2)12(8-17(4)5)15-13-11(7-14)10(3)16-18(13)6/h9,12,15H,8H2,1-6H3. The molecule has 5 heteroatoms. The molecule has 0 aliphatic carbocycles. The van der Waals surface area contributed by atoms with Gasteiger partial charge in [0.2, 0.25) is 0 Å². The summed E-state index contributed by atoms with van der Waals surface area (Å²) in [6.07, 6.45) is 0. The molecule has 0 aliphatic heterocycles. The third-order valence-electron chi connectivity index (χ3n) is 3.02. The van der Waals surface area contributed by atoms with Crippen LogP contribution in [0, 0.1) is 24.2 Å². The molecule has 1 unspecified atom stereocenters. The van der Waals surface area contributed by atoms with Crippen molar-refractivity contribution in [2.45, 2.75) is 26.8 Å². The highest BCUT2D eigenvalue weighted by molar-refractivity contribution is 5.55. The number of nitrogens with zero attached hydrogens (tertiary/aromatic N) is 4. The van der Waals surface area contributed by atoms with Crippen LogP contribution in [0.2, 0.25) is 0 Å². The highest BCUT2D eigenvalue weighted by Crippen LogP contribution is 2.20. The van der Waals surface area contributed by atoms with Crippen molar-refractivity contribution in [3.63, 3.8) is 0 Å². The van der Waals surface area contributed by atoms with E-state index in [9.17, 15) is 5.26 Å². The van der Waals surface area contributed by atoms with Crippen molar-refractivity contribution < 1.29 is 0 Å². The first-order valence-corrected chi connectivity index (χ1v) is 6.21. The molecule has 0 saturated carbocycles. The van der Waals surface area contributed by atoms with Crippen molar-refractivity contribution in [1.29, 1.82) is 5.26 Å². The summed E-state index contributed by atoms with van der Waals surface area (Å²) < 4.78 is 1.75. The van der Waals surface area contributed by atoms with Gasteiger partial charge in [-0.15, -0.1) is 0 Å². The lowest BCUT2D eigenvalue weighted by atomic mass is 10.0. The van der Waals surface area contributed by atoms with Gasteiger partial charge in [0.15, 0.2) is 0 Å². The molecule has 0 saturated heterocycles. The average Bonchev–Trinajstić information content (AvgIpc) is 2.51.